The van der Waals surface area contributed by atoms with Gasteiger partial charge < -0.3 is 14.2 Å². The Hall–Kier alpha value is -11.2. The van der Waals surface area contributed by atoms with Crippen molar-refractivity contribution >= 4 is 119 Å². The van der Waals surface area contributed by atoms with E-state index in [0.717, 1.165) is 17.2 Å². The van der Waals surface area contributed by atoms with E-state index in [9.17, 15) is 0 Å². The summed E-state index contributed by atoms with van der Waals surface area (Å²) in [6.45, 7) is 15.8. The van der Waals surface area contributed by atoms with E-state index < -0.39 is 0 Å². The van der Waals surface area contributed by atoms with Crippen molar-refractivity contribution in [2.24, 2.45) is 0 Å². The summed E-state index contributed by atoms with van der Waals surface area (Å²) in [5.74, 6) is 3.13. The summed E-state index contributed by atoms with van der Waals surface area (Å²) in [6, 6.07) is 84.6. The third-order valence-corrected chi connectivity index (χ3v) is 22.7. The quantitative estimate of drug-likeness (QED) is 0.0863. The summed E-state index contributed by atoms with van der Waals surface area (Å²) in [4.78, 5) is 0. The number of hydrogen-bond donors (Lipinski definition) is 0. The van der Waals surface area contributed by atoms with Gasteiger partial charge in [-0.05, 0) is 182 Å². The van der Waals surface area contributed by atoms with Crippen LogP contribution in [0.4, 0.5) is 0 Å². The van der Waals surface area contributed by atoms with Gasteiger partial charge in [-0.2, -0.15) is 13.7 Å². The summed E-state index contributed by atoms with van der Waals surface area (Å²) in [7, 11) is 0. The fourth-order valence-corrected chi connectivity index (χ4v) is 18.1. The number of benzene rings is 14. The Labute approximate surface area is 548 Å². The minimum Gasteiger partial charge on any atom is -0.434 e. The molecule has 17 aromatic rings. The van der Waals surface area contributed by atoms with Crippen molar-refractivity contribution in [1.29, 1.82) is 0 Å². The molecule has 0 spiro atoms. The van der Waals surface area contributed by atoms with Crippen LogP contribution in [-0.2, 0) is 36.4 Å². The lowest BCUT2D eigenvalue weighted by Gasteiger charge is -2.22. The van der Waals surface area contributed by atoms with Crippen molar-refractivity contribution in [2.75, 3.05) is 0 Å². The van der Waals surface area contributed by atoms with Gasteiger partial charge in [-0.15, -0.1) is 0 Å². The second kappa shape index (κ2) is 18.5. The van der Waals surface area contributed by atoms with Crippen LogP contribution >= 0.6 is 0 Å². The topological polar surface area (TPSA) is 39.3 Å². The van der Waals surface area contributed by atoms with Gasteiger partial charge in [0.1, 0.15) is 17.2 Å². The number of fused-ring (bicyclic) bond motifs is 18. The number of pyridine rings is 3. The highest BCUT2D eigenvalue weighted by Crippen LogP contribution is 2.60. The van der Waals surface area contributed by atoms with Crippen molar-refractivity contribution in [3.8, 4) is 51.0 Å². The molecule has 0 fully saturated rings. The fourth-order valence-electron chi connectivity index (χ4n) is 18.1. The molecule has 23 rings (SSSR count). The Balaban J connectivity index is 0.0000000952. The van der Waals surface area contributed by atoms with E-state index in [1.54, 1.807) is 0 Å². The lowest BCUT2D eigenvalue weighted by Crippen LogP contribution is -2.43. The van der Waals surface area contributed by atoms with Gasteiger partial charge in [0, 0.05) is 65.9 Å². The van der Waals surface area contributed by atoms with Gasteiger partial charge >= 0.3 is 0 Å². The minimum absolute atomic E-state index is 0.0738. The predicted octanol–water partition coefficient (Wildman–Crippen LogP) is 20.6. The Morgan fingerprint density at radius 3 is 1.13 bits per heavy atom. The average molecular weight is 1220 g/mol. The maximum Gasteiger partial charge on any atom is 0.293 e. The summed E-state index contributed by atoms with van der Waals surface area (Å²) in [6.07, 6.45) is 4.52. The van der Waals surface area contributed by atoms with Gasteiger partial charge in [0.15, 0.2) is 12.4 Å². The van der Waals surface area contributed by atoms with Gasteiger partial charge in [-0.1, -0.05) is 181 Å². The smallest absolute Gasteiger partial charge is 0.293 e. The number of hydrogen-bond acceptors (Lipinski definition) is 3. The normalized spacial score (nSPS) is 15.4. The Morgan fingerprint density at radius 2 is 0.632 bits per heavy atom. The highest BCUT2D eigenvalue weighted by molar-refractivity contribution is 6.12. The lowest BCUT2D eigenvalue weighted by atomic mass is 9.80. The SMILES string of the molecule is CC1(C)c2cc3cc4ccccc4cc3c3c2-c2c1c1cc4ccccc4cc1c[n+]2CO3.CC1(C)c2cc3cc4ccccc4cc3c3c2-c2c1c1ccccc1c[n+]2CO3.CC1(C)c2cc3cc4ccccc4cc3c3c2-c2c1cc1c4ccccc4ccc1[n+]2CO3. The Bertz CT molecular complexity index is 6400. The van der Waals surface area contributed by atoms with Crippen LogP contribution in [0.3, 0.4) is 0 Å². The zero-order valence-electron chi connectivity index (χ0n) is 53.8. The molecule has 0 bridgehead atoms. The van der Waals surface area contributed by atoms with Crippen molar-refractivity contribution in [3.63, 3.8) is 0 Å². The molecule has 6 heterocycles. The first-order chi connectivity index (χ1) is 46.3. The van der Waals surface area contributed by atoms with E-state index in [1.807, 2.05) is 0 Å². The Kier molecular flexibility index (Phi) is 10.4. The van der Waals surface area contributed by atoms with Gasteiger partial charge in [0.25, 0.3) is 20.2 Å². The van der Waals surface area contributed by atoms with Crippen molar-refractivity contribution in [1.82, 2.24) is 0 Å². The monoisotopic (exact) mass is 1220 g/mol. The van der Waals surface area contributed by atoms with E-state index in [1.165, 1.54) is 186 Å². The van der Waals surface area contributed by atoms with E-state index in [-0.39, 0.29) is 16.2 Å². The maximum absolute atomic E-state index is 6.60. The van der Waals surface area contributed by atoms with Crippen molar-refractivity contribution < 1.29 is 27.9 Å². The van der Waals surface area contributed by atoms with Crippen LogP contribution in [0.25, 0.3) is 152 Å². The third kappa shape index (κ3) is 7.16. The molecule has 0 radical (unpaired) electrons. The van der Waals surface area contributed by atoms with Crippen LogP contribution in [-0.4, -0.2) is 0 Å². The van der Waals surface area contributed by atoms with Gasteiger partial charge in [0.05, 0.1) is 22.1 Å². The lowest BCUT2D eigenvalue weighted by molar-refractivity contribution is -0.716. The third-order valence-electron chi connectivity index (χ3n) is 22.7. The average Bonchev–Trinajstić information content (AvgIpc) is 1.55. The second-order valence-corrected chi connectivity index (χ2v) is 28.9. The summed E-state index contributed by atoms with van der Waals surface area (Å²) in [5.41, 5.74) is 17.1. The van der Waals surface area contributed by atoms with Crippen LogP contribution in [0.2, 0.25) is 0 Å². The standard InChI is InChI=1S/2C31H22NO.C27H20NO/c1-31(2)26-15-22-11-18-7-3-6-10-21(18)14-25(22)30-27(26)29-28(31)24-13-20-9-5-4-8-19(20)12-23(24)16-32(29)17-33-30;1-31(2)25-15-21-13-19-8-3-4-9-20(19)14-23(21)30-28(25)29-26(31)16-24-22-10-6-5-7-18(22)11-12-27(24)32(29)17-33-30;1-27(2)22-13-19-11-16-7-3-4-8-17(16)12-21(19)26-23(22)25-24(27)20-10-6-5-9-18(20)14-28(25)15-29-26/h2*3-16H,17H2,1-2H3;3-14H,15H2,1-2H3/q3*+1. The maximum atomic E-state index is 6.60. The van der Waals surface area contributed by atoms with Gasteiger partial charge in [-0.25, -0.2) is 0 Å². The van der Waals surface area contributed by atoms with E-state index >= 15 is 0 Å². The number of nitrogens with zero attached hydrogens (tertiary/aromatic N) is 3. The molecule has 0 N–H and O–H groups in total. The van der Waals surface area contributed by atoms with Crippen LogP contribution in [0.5, 0.6) is 17.2 Å². The molecule has 0 atom stereocenters. The van der Waals surface area contributed by atoms with E-state index in [4.69, 9.17) is 14.2 Å². The number of ether oxygens (including phenoxy) is 3. The largest absolute Gasteiger partial charge is 0.434 e. The van der Waals surface area contributed by atoms with E-state index in [2.05, 4.69) is 298 Å². The molecule has 0 saturated heterocycles. The molecule has 6 aliphatic rings. The molecule has 14 aromatic carbocycles. The number of aromatic nitrogens is 3. The minimum atomic E-state index is -0.114. The highest BCUT2D eigenvalue weighted by atomic mass is 16.5. The van der Waals surface area contributed by atoms with Crippen molar-refractivity contribution in [2.45, 2.75) is 78.0 Å². The van der Waals surface area contributed by atoms with Crippen LogP contribution < -0.4 is 27.9 Å². The molecule has 450 valence electrons. The molecule has 3 aromatic heterocycles. The highest BCUT2D eigenvalue weighted by Gasteiger charge is 2.51. The first kappa shape index (κ1) is 53.3. The zero-order valence-corrected chi connectivity index (χ0v) is 53.8. The molecule has 6 heteroatoms. The first-order valence-electron chi connectivity index (χ1n) is 33.5. The molecule has 6 nitrogen and oxygen atoms in total. The van der Waals surface area contributed by atoms with Crippen LogP contribution in [0, 0.1) is 0 Å². The first-order valence-corrected chi connectivity index (χ1v) is 33.5. The molecule has 3 aliphatic carbocycles. The van der Waals surface area contributed by atoms with Gasteiger partial charge in [0.2, 0.25) is 22.6 Å². The molecule has 95 heavy (non-hydrogen) atoms. The number of rotatable bonds is 0. The zero-order chi connectivity index (χ0) is 63.1. The Morgan fingerprint density at radius 1 is 0.263 bits per heavy atom. The molecule has 3 aliphatic heterocycles. The molecular formula is C89H64N3O3+3. The van der Waals surface area contributed by atoms with Crippen LogP contribution in [0.1, 0.15) is 74.9 Å². The predicted molar refractivity (Wildman–Crippen MR) is 387 cm³/mol. The summed E-state index contributed by atoms with van der Waals surface area (Å²) < 4.78 is 26.6. The summed E-state index contributed by atoms with van der Waals surface area (Å²) in [5, 5.41) is 26.7. The molecular weight excluding hydrogens is 1160 g/mol. The molecule has 0 amide bonds. The van der Waals surface area contributed by atoms with Gasteiger partial charge in [-0.3, -0.25) is 0 Å². The molecule has 0 saturated carbocycles. The fraction of sp³-hybridized carbons (Fsp3) is 0.135. The second-order valence-electron chi connectivity index (χ2n) is 28.9. The van der Waals surface area contributed by atoms with Crippen LogP contribution in [0.15, 0.2) is 243 Å². The molecule has 0 unspecified atom stereocenters. The van der Waals surface area contributed by atoms with Crippen molar-refractivity contribution in [3.05, 3.63) is 276 Å². The van der Waals surface area contributed by atoms with E-state index in [0.29, 0.717) is 20.2 Å². The summed E-state index contributed by atoms with van der Waals surface area (Å²) >= 11 is 0.